The van der Waals surface area contributed by atoms with Crippen LogP contribution in [0, 0.1) is 6.92 Å². The summed E-state index contributed by atoms with van der Waals surface area (Å²) in [5.74, 6) is -0.346. The Labute approximate surface area is 232 Å². The number of urea groups is 1. The Kier molecular flexibility index (Phi) is 8.89. The molecule has 2 N–H and O–H groups in total. The lowest BCUT2D eigenvalue weighted by atomic mass is 10.1. The Bertz CT molecular complexity index is 1180. The molecule has 3 saturated heterocycles. The van der Waals surface area contributed by atoms with E-state index >= 15 is 0 Å². The standard InChI is InChI=1S/C26H36N8O4S/c1-19-23(39-30-29-19)24(35)28-21-18-20(25(36)32-8-2-6-27-7-11-32)4-5-22(21)31-9-3-10-33(13-12-31)26(37)34-14-16-38-17-15-34/h4-5,18,27H,2-3,6-17H2,1H3,(H,28,35). The number of benzene rings is 1. The molecular weight excluding hydrogens is 520 g/mol. The number of carbonyl (C=O) groups excluding carboxylic acids is 3. The molecule has 4 heterocycles. The van der Waals surface area contributed by atoms with E-state index in [-0.39, 0.29) is 17.8 Å². The van der Waals surface area contributed by atoms with Crippen LogP contribution >= 0.6 is 11.5 Å². The van der Waals surface area contributed by atoms with Gasteiger partial charge in [-0.1, -0.05) is 4.49 Å². The third-order valence-electron chi connectivity index (χ3n) is 7.37. The number of amides is 4. The molecule has 3 aliphatic rings. The van der Waals surface area contributed by atoms with Gasteiger partial charge in [-0.2, -0.15) is 0 Å². The van der Waals surface area contributed by atoms with Crippen LogP contribution < -0.4 is 15.5 Å². The van der Waals surface area contributed by atoms with Gasteiger partial charge >= 0.3 is 6.03 Å². The Morgan fingerprint density at radius 2 is 1.72 bits per heavy atom. The minimum atomic E-state index is -0.300. The van der Waals surface area contributed by atoms with Gasteiger partial charge < -0.3 is 35.0 Å². The van der Waals surface area contributed by atoms with Gasteiger partial charge in [-0.25, -0.2) is 4.79 Å². The Balaban J connectivity index is 1.37. The predicted molar refractivity (Wildman–Crippen MR) is 149 cm³/mol. The highest BCUT2D eigenvalue weighted by Gasteiger charge is 2.27. The number of carbonyl (C=O) groups is 3. The van der Waals surface area contributed by atoms with Gasteiger partial charge in [-0.3, -0.25) is 9.59 Å². The van der Waals surface area contributed by atoms with Crippen LogP contribution in [0.1, 0.15) is 38.6 Å². The normalized spacial score (nSPS) is 18.9. The summed E-state index contributed by atoms with van der Waals surface area (Å²) >= 11 is 1.05. The van der Waals surface area contributed by atoms with Gasteiger partial charge in [0.25, 0.3) is 11.8 Å². The van der Waals surface area contributed by atoms with Crippen molar-refractivity contribution in [1.82, 2.24) is 29.6 Å². The van der Waals surface area contributed by atoms with E-state index in [1.54, 1.807) is 13.0 Å². The van der Waals surface area contributed by atoms with Gasteiger partial charge in [0.1, 0.15) is 4.88 Å². The molecule has 4 amide bonds. The lowest BCUT2D eigenvalue weighted by Gasteiger charge is -2.32. The smallest absolute Gasteiger partial charge is 0.320 e. The van der Waals surface area contributed by atoms with Gasteiger partial charge in [0.2, 0.25) is 0 Å². The molecule has 0 aliphatic carbocycles. The molecule has 0 radical (unpaired) electrons. The number of aromatic nitrogens is 2. The molecule has 0 saturated carbocycles. The third-order valence-corrected chi connectivity index (χ3v) is 8.19. The first-order valence-corrected chi connectivity index (χ1v) is 14.4. The fraction of sp³-hybridized carbons (Fsp3) is 0.577. The highest BCUT2D eigenvalue weighted by molar-refractivity contribution is 7.08. The number of morpholine rings is 1. The van der Waals surface area contributed by atoms with Crippen LogP contribution in [0.4, 0.5) is 16.2 Å². The van der Waals surface area contributed by atoms with Crippen LogP contribution in [0.15, 0.2) is 18.2 Å². The van der Waals surface area contributed by atoms with Crippen LogP contribution in [-0.4, -0.2) is 121 Å². The van der Waals surface area contributed by atoms with Gasteiger partial charge in [-0.15, -0.1) is 5.10 Å². The fourth-order valence-corrected chi connectivity index (χ4v) is 5.75. The minimum absolute atomic E-state index is 0.0467. The fourth-order valence-electron chi connectivity index (χ4n) is 5.20. The van der Waals surface area contributed by atoms with Crippen molar-refractivity contribution < 1.29 is 19.1 Å². The molecule has 3 fully saturated rings. The number of rotatable bonds is 4. The summed E-state index contributed by atoms with van der Waals surface area (Å²) in [5.41, 5.74) is 2.50. The second-order valence-electron chi connectivity index (χ2n) is 9.98. The molecule has 0 bridgehead atoms. The number of aryl methyl sites for hydroxylation is 1. The molecule has 3 aliphatic heterocycles. The topological polar surface area (TPSA) is 123 Å². The Hall–Kier alpha value is -3.29. The van der Waals surface area contributed by atoms with E-state index in [1.807, 2.05) is 26.8 Å². The summed E-state index contributed by atoms with van der Waals surface area (Å²) in [6.45, 7) is 9.70. The van der Waals surface area contributed by atoms with Crippen LogP contribution in [-0.2, 0) is 4.74 Å². The molecule has 1 aromatic heterocycles. The van der Waals surface area contributed by atoms with Crippen molar-refractivity contribution in [3.05, 3.63) is 34.3 Å². The molecule has 1 aromatic carbocycles. The Morgan fingerprint density at radius 3 is 2.51 bits per heavy atom. The summed E-state index contributed by atoms with van der Waals surface area (Å²) in [4.78, 5) is 47.9. The van der Waals surface area contributed by atoms with Gasteiger partial charge in [0, 0.05) is 64.5 Å². The van der Waals surface area contributed by atoms with E-state index in [1.165, 1.54) is 0 Å². The van der Waals surface area contributed by atoms with E-state index in [2.05, 4.69) is 25.1 Å². The number of nitrogens with one attached hydrogen (secondary N) is 2. The zero-order chi connectivity index (χ0) is 27.2. The first-order valence-electron chi connectivity index (χ1n) is 13.6. The number of anilines is 2. The summed E-state index contributed by atoms with van der Waals surface area (Å²) in [6, 6.07) is 5.58. The van der Waals surface area contributed by atoms with E-state index in [0.717, 1.165) is 49.7 Å². The van der Waals surface area contributed by atoms with Gasteiger partial charge in [0.15, 0.2) is 0 Å². The first-order chi connectivity index (χ1) is 19.0. The van der Waals surface area contributed by atoms with Crippen LogP contribution in [0.5, 0.6) is 0 Å². The summed E-state index contributed by atoms with van der Waals surface area (Å²) in [5, 5.41) is 10.3. The maximum Gasteiger partial charge on any atom is 0.320 e. The molecular formula is C26H36N8O4S. The third kappa shape index (κ3) is 6.48. The first kappa shape index (κ1) is 27.3. The predicted octanol–water partition coefficient (Wildman–Crippen LogP) is 1.50. The van der Waals surface area contributed by atoms with Crippen LogP contribution in [0.3, 0.4) is 0 Å². The average molecular weight is 557 g/mol. The highest BCUT2D eigenvalue weighted by atomic mass is 32.1. The molecule has 13 heteroatoms. The second kappa shape index (κ2) is 12.7. The summed E-state index contributed by atoms with van der Waals surface area (Å²) in [7, 11) is 0. The molecule has 5 rings (SSSR count). The zero-order valence-corrected chi connectivity index (χ0v) is 23.2. The maximum atomic E-state index is 13.4. The van der Waals surface area contributed by atoms with E-state index < -0.39 is 0 Å². The largest absolute Gasteiger partial charge is 0.378 e. The Morgan fingerprint density at radius 1 is 0.923 bits per heavy atom. The number of ether oxygens (including phenoxy) is 1. The van der Waals surface area contributed by atoms with Crippen molar-refractivity contribution in [1.29, 1.82) is 0 Å². The molecule has 0 unspecified atom stereocenters. The van der Waals surface area contributed by atoms with Crippen molar-refractivity contribution in [2.75, 3.05) is 88.9 Å². The molecule has 2 aromatic rings. The number of nitrogens with zero attached hydrogens (tertiary/aromatic N) is 6. The molecule has 210 valence electrons. The molecule has 0 atom stereocenters. The van der Waals surface area contributed by atoms with E-state index in [4.69, 9.17) is 4.74 Å². The van der Waals surface area contributed by atoms with Gasteiger partial charge in [-0.05, 0) is 56.0 Å². The summed E-state index contributed by atoms with van der Waals surface area (Å²) in [6.07, 6.45) is 1.70. The van der Waals surface area contributed by atoms with Gasteiger partial charge in [0.05, 0.1) is 30.3 Å². The minimum Gasteiger partial charge on any atom is -0.378 e. The quantitative estimate of drug-likeness (QED) is 0.581. The molecule has 39 heavy (non-hydrogen) atoms. The van der Waals surface area contributed by atoms with Crippen LogP contribution in [0.25, 0.3) is 0 Å². The van der Waals surface area contributed by atoms with Crippen molar-refractivity contribution in [3.63, 3.8) is 0 Å². The SMILES string of the molecule is Cc1nnsc1C(=O)Nc1cc(C(=O)N2CCCNCC2)ccc1N1CCCN(C(=O)N2CCOCC2)CC1. The van der Waals surface area contributed by atoms with Crippen molar-refractivity contribution in [2.45, 2.75) is 19.8 Å². The lowest BCUT2D eigenvalue weighted by Crippen LogP contribution is -2.49. The number of hydrogen-bond donors (Lipinski definition) is 2. The maximum absolute atomic E-state index is 13.4. The zero-order valence-electron chi connectivity index (χ0n) is 22.4. The highest BCUT2D eigenvalue weighted by Crippen LogP contribution is 2.30. The molecule has 0 spiro atoms. The monoisotopic (exact) mass is 556 g/mol. The van der Waals surface area contributed by atoms with E-state index in [0.29, 0.717) is 80.8 Å². The van der Waals surface area contributed by atoms with Crippen molar-refractivity contribution in [3.8, 4) is 0 Å². The average Bonchev–Trinajstić information content (AvgIpc) is 3.14. The second-order valence-corrected chi connectivity index (χ2v) is 10.7. The van der Waals surface area contributed by atoms with Crippen LogP contribution in [0.2, 0.25) is 0 Å². The van der Waals surface area contributed by atoms with Crippen molar-refractivity contribution in [2.24, 2.45) is 0 Å². The summed E-state index contributed by atoms with van der Waals surface area (Å²) < 4.78 is 9.29. The van der Waals surface area contributed by atoms with E-state index in [9.17, 15) is 14.4 Å². The number of hydrogen-bond acceptors (Lipinski definition) is 9. The molecule has 12 nitrogen and oxygen atoms in total. The lowest BCUT2D eigenvalue weighted by molar-refractivity contribution is 0.0438. The van der Waals surface area contributed by atoms with Crippen molar-refractivity contribution >= 4 is 40.8 Å².